The number of nitrogens with one attached hydrogen (secondary N) is 1. The number of aliphatic carboxylic acids is 1. The lowest BCUT2D eigenvalue weighted by Gasteiger charge is -2.34. The Hall–Kier alpha value is -1.93. The highest BCUT2D eigenvalue weighted by Gasteiger charge is 2.29. The summed E-state index contributed by atoms with van der Waals surface area (Å²) in [7, 11) is 0. The van der Waals surface area contributed by atoms with Crippen molar-refractivity contribution in [2.24, 2.45) is 0 Å². The lowest BCUT2D eigenvalue weighted by Crippen LogP contribution is -2.55. The molecule has 0 saturated carbocycles. The number of rotatable bonds is 3. The maximum atomic E-state index is 11.1. The first-order valence-corrected chi connectivity index (χ1v) is 5.40. The van der Waals surface area contributed by atoms with E-state index in [9.17, 15) is 14.9 Å². The van der Waals surface area contributed by atoms with E-state index >= 15 is 0 Å². The summed E-state index contributed by atoms with van der Waals surface area (Å²) in [5.74, 6) is -0.503. The lowest BCUT2D eigenvalue weighted by molar-refractivity contribution is -0.385. The summed E-state index contributed by atoms with van der Waals surface area (Å²) >= 11 is 0. The van der Waals surface area contributed by atoms with Gasteiger partial charge in [-0.15, -0.1) is 12.4 Å². The third-order valence-electron chi connectivity index (χ3n) is 2.77. The van der Waals surface area contributed by atoms with Crippen LogP contribution in [0.15, 0.2) is 18.3 Å². The van der Waals surface area contributed by atoms with Gasteiger partial charge in [-0.2, -0.15) is 0 Å². The van der Waals surface area contributed by atoms with Crippen molar-refractivity contribution in [1.82, 2.24) is 10.3 Å². The minimum absolute atomic E-state index is 0. The Bertz CT molecular complexity index is 467. The van der Waals surface area contributed by atoms with Gasteiger partial charge in [-0.3, -0.25) is 10.1 Å². The SMILES string of the molecule is Cl.O=C(O)C1CNCCN1c1ccc([N+](=O)[O-])cn1. The fourth-order valence-corrected chi connectivity index (χ4v) is 1.86. The summed E-state index contributed by atoms with van der Waals surface area (Å²) < 4.78 is 0. The summed E-state index contributed by atoms with van der Waals surface area (Å²) in [5, 5.41) is 22.6. The first-order valence-electron chi connectivity index (χ1n) is 5.40. The number of hydrogen-bond donors (Lipinski definition) is 2. The first-order chi connectivity index (χ1) is 8.59. The quantitative estimate of drug-likeness (QED) is 0.607. The van der Waals surface area contributed by atoms with Gasteiger partial charge in [-0.25, -0.2) is 9.78 Å². The number of carboxylic acids is 1. The van der Waals surface area contributed by atoms with Crippen LogP contribution >= 0.6 is 12.4 Å². The van der Waals surface area contributed by atoms with Crippen LogP contribution in [0.2, 0.25) is 0 Å². The smallest absolute Gasteiger partial charge is 0.327 e. The number of carbonyl (C=O) groups is 1. The molecule has 2 N–H and O–H groups in total. The zero-order valence-corrected chi connectivity index (χ0v) is 10.7. The van der Waals surface area contributed by atoms with Crippen molar-refractivity contribution >= 4 is 29.9 Å². The van der Waals surface area contributed by atoms with Crippen molar-refractivity contribution in [3.63, 3.8) is 0 Å². The number of hydrogen-bond acceptors (Lipinski definition) is 6. The van der Waals surface area contributed by atoms with E-state index in [-0.39, 0.29) is 18.1 Å². The van der Waals surface area contributed by atoms with Gasteiger partial charge in [0.2, 0.25) is 0 Å². The van der Waals surface area contributed by atoms with Gasteiger partial charge >= 0.3 is 5.97 Å². The maximum Gasteiger partial charge on any atom is 0.327 e. The van der Waals surface area contributed by atoms with Gasteiger partial charge in [0.25, 0.3) is 5.69 Å². The second-order valence-corrected chi connectivity index (χ2v) is 3.88. The molecule has 0 amide bonds. The second-order valence-electron chi connectivity index (χ2n) is 3.88. The summed E-state index contributed by atoms with van der Waals surface area (Å²) in [6.07, 6.45) is 1.14. The summed E-state index contributed by atoms with van der Waals surface area (Å²) in [4.78, 5) is 26.6. The van der Waals surface area contributed by atoms with Crippen LogP contribution in [0, 0.1) is 10.1 Å². The van der Waals surface area contributed by atoms with Crippen molar-refractivity contribution in [2.45, 2.75) is 6.04 Å². The van der Waals surface area contributed by atoms with Crippen LogP contribution in [0.4, 0.5) is 11.5 Å². The fraction of sp³-hybridized carbons (Fsp3) is 0.400. The van der Waals surface area contributed by atoms with E-state index in [0.29, 0.717) is 25.5 Å². The third-order valence-corrected chi connectivity index (χ3v) is 2.77. The minimum atomic E-state index is -0.942. The van der Waals surface area contributed by atoms with E-state index in [4.69, 9.17) is 5.11 Å². The number of pyridine rings is 1. The van der Waals surface area contributed by atoms with Gasteiger partial charge in [0.1, 0.15) is 18.1 Å². The molecule has 0 radical (unpaired) electrons. The van der Waals surface area contributed by atoms with E-state index in [1.54, 1.807) is 4.90 Å². The normalized spacial score (nSPS) is 18.5. The summed E-state index contributed by atoms with van der Waals surface area (Å²) in [5.41, 5.74) is -0.110. The average Bonchev–Trinajstić information content (AvgIpc) is 2.39. The number of nitro groups is 1. The summed E-state index contributed by atoms with van der Waals surface area (Å²) in [6.45, 7) is 1.48. The number of aromatic nitrogens is 1. The van der Waals surface area contributed by atoms with Gasteiger partial charge in [-0.1, -0.05) is 0 Å². The molecule has 1 saturated heterocycles. The molecule has 0 bridgehead atoms. The molecule has 1 aliphatic heterocycles. The van der Waals surface area contributed by atoms with Crippen LogP contribution < -0.4 is 10.2 Å². The summed E-state index contributed by atoms with van der Waals surface area (Å²) in [6, 6.07) is 2.09. The van der Waals surface area contributed by atoms with Gasteiger partial charge in [0, 0.05) is 25.7 Å². The number of nitrogens with zero attached hydrogens (tertiary/aromatic N) is 3. The molecule has 1 aromatic heterocycles. The van der Waals surface area contributed by atoms with Crippen LogP contribution in [0.25, 0.3) is 0 Å². The van der Waals surface area contributed by atoms with Crippen LogP contribution in [-0.2, 0) is 4.79 Å². The van der Waals surface area contributed by atoms with Gasteiger partial charge in [-0.05, 0) is 6.07 Å². The molecule has 1 unspecified atom stereocenters. The molecule has 0 spiro atoms. The molecule has 9 heteroatoms. The average molecular weight is 289 g/mol. The van der Waals surface area contributed by atoms with Gasteiger partial charge in [0.05, 0.1) is 4.92 Å². The van der Waals surface area contributed by atoms with E-state index in [0.717, 1.165) is 6.20 Å². The molecule has 1 aliphatic rings. The Kier molecular flexibility index (Phi) is 5.02. The molecule has 19 heavy (non-hydrogen) atoms. The Morgan fingerprint density at radius 2 is 2.32 bits per heavy atom. The second kappa shape index (κ2) is 6.30. The molecule has 8 nitrogen and oxygen atoms in total. The molecule has 104 valence electrons. The van der Waals surface area contributed by atoms with Crippen LogP contribution in [-0.4, -0.2) is 46.7 Å². The molecule has 2 heterocycles. The molecule has 1 aromatic rings. The van der Waals surface area contributed by atoms with Crippen molar-refractivity contribution in [3.8, 4) is 0 Å². The Morgan fingerprint density at radius 1 is 1.58 bits per heavy atom. The highest BCUT2D eigenvalue weighted by molar-refractivity contribution is 5.85. The molecule has 0 aromatic carbocycles. The zero-order valence-electron chi connectivity index (χ0n) is 9.85. The molecular weight excluding hydrogens is 276 g/mol. The van der Waals surface area contributed by atoms with Crippen molar-refractivity contribution in [3.05, 3.63) is 28.4 Å². The van der Waals surface area contributed by atoms with Crippen molar-refractivity contribution in [2.75, 3.05) is 24.5 Å². The molecule has 1 fully saturated rings. The lowest BCUT2D eigenvalue weighted by atomic mass is 10.2. The van der Waals surface area contributed by atoms with Crippen molar-refractivity contribution < 1.29 is 14.8 Å². The highest BCUT2D eigenvalue weighted by Crippen LogP contribution is 2.18. The molecule has 2 rings (SSSR count). The van der Waals surface area contributed by atoms with E-state index in [1.807, 2.05) is 0 Å². The van der Waals surface area contributed by atoms with E-state index in [2.05, 4.69) is 10.3 Å². The topological polar surface area (TPSA) is 109 Å². The molecule has 1 atom stereocenters. The van der Waals surface area contributed by atoms with E-state index < -0.39 is 16.9 Å². The predicted molar refractivity (Wildman–Crippen MR) is 69.8 cm³/mol. The maximum absolute atomic E-state index is 11.1. The van der Waals surface area contributed by atoms with Crippen molar-refractivity contribution in [1.29, 1.82) is 0 Å². The molecular formula is C10H13ClN4O4. The van der Waals surface area contributed by atoms with Crippen LogP contribution in [0.5, 0.6) is 0 Å². The Balaban J connectivity index is 0.00000180. The molecule has 0 aliphatic carbocycles. The van der Waals surface area contributed by atoms with Crippen LogP contribution in [0.3, 0.4) is 0 Å². The Labute approximate surface area is 115 Å². The van der Waals surface area contributed by atoms with E-state index in [1.165, 1.54) is 12.1 Å². The third kappa shape index (κ3) is 3.30. The number of carboxylic acid groups (broad SMARTS) is 1. The standard InChI is InChI=1S/C10H12N4O4.ClH/c15-10(16)8-6-11-3-4-13(8)9-2-1-7(5-12-9)14(17)18;/h1-2,5,8,11H,3-4,6H2,(H,15,16);1H. The van der Waals surface area contributed by atoms with Crippen LogP contribution in [0.1, 0.15) is 0 Å². The first kappa shape index (κ1) is 15.1. The number of anilines is 1. The highest BCUT2D eigenvalue weighted by atomic mass is 35.5. The van der Waals surface area contributed by atoms with Gasteiger partial charge < -0.3 is 15.3 Å². The fourth-order valence-electron chi connectivity index (χ4n) is 1.86. The Morgan fingerprint density at radius 3 is 2.84 bits per heavy atom. The predicted octanol–water partition coefficient (Wildman–Crippen LogP) is 0.274. The largest absolute Gasteiger partial charge is 0.480 e. The number of piperazine rings is 1. The monoisotopic (exact) mass is 288 g/mol. The number of halogens is 1. The minimum Gasteiger partial charge on any atom is -0.480 e. The zero-order chi connectivity index (χ0) is 13.1. The van der Waals surface area contributed by atoms with Gasteiger partial charge in [0.15, 0.2) is 0 Å².